The van der Waals surface area contributed by atoms with E-state index in [2.05, 4.69) is 61.5 Å². The number of imide groups is 1. The summed E-state index contributed by atoms with van der Waals surface area (Å²) < 4.78 is 115. The van der Waals surface area contributed by atoms with Gasteiger partial charge in [0.2, 0.25) is 11.8 Å². The number of carbonyl (C=O) groups is 3. The monoisotopic (exact) mass is 1210 g/mol. The van der Waals surface area contributed by atoms with Crippen molar-refractivity contribution in [1.82, 2.24) is 24.7 Å². The molecule has 5 aromatic carbocycles. The maximum atomic E-state index is 15.2. The normalized spacial score (nSPS) is 19.2. The van der Waals surface area contributed by atoms with Crippen molar-refractivity contribution in [2.24, 2.45) is 5.41 Å². The molecule has 82 heavy (non-hydrogen) atoms. The predicted octanol–water partition coefficient (Wildman–Crippen LogP) is 9.68. The number of benzene rings is 5. The van der Waals surface area contributed by atoms with Crippen LogP contribution in [0.5, 0.6) is 0 Å². The summed E-state index contributed by atoms with van der Waals surface area (Å²) in [7, 11) is -11.1. The minimum atomic E-state index is -6.15. The molecule has 0 saturated carbocycles. The molecule has 4 aliphatic rings. The van der Waals surface area contributed by atoms with Gasteiger partial charge in [-0.3, -0.25) is 29.5 Å². The van der Waals surface area contributed by atoms with Crippen LogP contribution in [0.2, 0.25) is 5.02 Å². The highest BCUT2D eigenvalue weighted by Crippen LogP contribution is 2.43. The molecule has 23 heteroatoms. The third kappa shape index (κ3) is 15.2. The Morgan fingerprint density at radius 3 is 2.16 bits per heavy atom. The molecule has 0 spiro atoms. The average Bonchev–Trinajstić information content (AvgIpc) is 3.61. The molecule has 0 radical (unpaired) electrons. The maximum absolute atomic E-state index is 15.2. The van der Waals surface area contributed by atoms with Crippen molar-refractivity contribution in [3.8, 4) is 0 Å². The van der Waals surface area contributed by atoms with Crippen molar-refractivity contribution < 1.29 is 48.8 Å². The Bertz CT molecular complexity index is 3380. The first-order valence-electron chi connectivity index (χ1n) is 27.3. The number of nitrogens with one attached hydrogen (secondary N) is 4. The van der Waals surface area contributed by atoms with Gasteiger partial charge >= 0.3 is 5.51 Å². The minimum absolute atomic E-state index is 0.0332. The second-order valence-corrected chi connectivity index (χ2v) is 27.2. The summed E-state index contributed by atoms with van der Waals surface area (Å²) in [4.78, 5) is 45.3. The number of para-hydroxylation sites is 1. The van der Waals surface area contributed by atoms with Crippen LogP contribution in [0.3, 0.4) is 0 Å². The highest BCUT2D eigenvalue weighted by Gasteiger charge is 2.48. The van der Waals surface area contributed by atoms with Gasteiger partial charge in [0, 0.05) is 111 Å². The summed E-state index contributed by atoms with van der Waals surface area (Å²) in [6, 6.07) is 29.3. The van der Waals surface area contributed by atoms with Gasteiger partial charge in [0.15, 0.2) is 0 Å². The van der Waals surface area contributed by atoms with Gasteiger partial charge < -0.3 is 20.4 Å². The smallest absolute Gasteiger partial charge is 0.380 e. The molecule has 2 atom stereocenters. The molecular weight excluding hydrogens is 1140 g/mol. The van der Waals surface area contributed by atoms with E-state index in [-0.39, 0.29) is 41.2 Å². The molecule has 3 fully saturated rings. The zero-order chi connectivity index (χ0) is 58.4. The molecule has 3 aliphatic heterocycles. The Morgan fingerprint density at radius 2 is 1.48 bits per heavy atom. The first kappa shape index (κ1) is 60.6. The number of allylic oxidation sites excluding steroid dienone is 1. The first-order chi connectivity index (χ1) is 39.0. The standard InChI is InChI=1S/C59H67ClF4N8O7S3/c1-58(2)25-23-49(40-11-15-44(60)16-12-40)43(36-58)38-71-31-33-72(34-32-71)46-17-13-41(14-18-46)56(74)68-82(78,79)48-19-20-51(53(35-48)81(76,77)59(62,63)64)65-45(39-80-47-8-4-3-5-9-47)24-26-69-27-29-70(30-28-69)37-42-7-6-10-50(61)55(42)66-52-21-22-54(73)67-57(52)75/h3-20,35,45,52,65-66H,21-34,36-39H2,1-2H3,(H,68,74)(H,67,73,75)/t45-,52?/m1/s1. The molecule has 4 N–H and O–H groups in total. The second-order valence-electron chi connectivity index (χ2n) is 22.1. The highest BCUT2D eigenvalue weighted by molar-refractivity contribution is 7.99. The number of thioether (sulfide) groups is 1. The van der Waals surface area contributed by atoms with E-state index in [1.165, 1.54) is 46.7 Å². The summed E-state index contributed by atoms with van der Waals surface area (Å²) in [6.45, 7) is 11.6. The number of nitrogens with zero attached hydrogens (tertiary/aromatic N) is 4. The fraction of sp³-hybridized carbons (Fsp3) is 0.407. The van der Waals surface area contributed by atoms with E-state index in [1.54, 1.807) is 24.3 Å². The largest absolute Gasteiger partial charge is 0.501 e. The second kappa shape index (κ2) is 25.9. The lowest BCUT2D eigenvalue weighted by molar-refractivity contribution is -0.133. The van der Waals surface area contributed by atoms with Gasteiger partial charge in [0.05, 0.1) is 16.3 Å². The zero-order valence-corrected chi connectivity index (χ0v) is 48.8. The first-order valence-corrected chi connectivity index (χ1v) is 31.7. The number of piperazine rings is 2. The molecule has 3 heterocycles. The lowest BCUT2D eigenvalue weighted by Crippen LogP contribution is -2.48. The number of carbonyl (C=O) groups excluding carboxylic acids is 3. The predicted molar refractivity (Wildman–Crippen MR) is 313 cm³/mol. The lowest BCUT2D eigenvalue weighted by Gasteiger charge is -2.39. The number of alkyl halides is 3. The third-order valence-electron chi connectivity index (χ3n) is 15.6. The molecule has 0 bridgehead atoms. The SMILES string of the molecule is CC1(C)CCC(c2ccc(Cl)cc2)=C(CN2CCN(c3ccc(C(=O)NS(=O)(=O)c4ccc(N[C@H](CCN5CCN(Cc6cccc(F)c6NC6CCC(=O)NC6=O)CC5)CSc5ccccc5)c(S(=O)(=O)C(F)(F)F)c4)cc3)CC2)C1. The van der Waals surface area contributed by atoms with Gasteiger partial charge in [-0.05, 0) is 127 Å². The summed E-state index contributed by atoms with van der Waals surface area (Å²) in [5, 5.41) is 9.00. The molecular formula is C59H67ClF4N8O7S3. The van der Waals surface area contributed by atoms with Gasteiger partial charge in [0.1, 0.15) is 16.8 Å². The van der Waals surface area contributed by atoms with Crippen LogP contribution in [0.15, 0.2) is 136 Å². The number of piperidine rings is 1. The number of sulfonamides is 1. The Hall–Kier alpha value is -6.01. The molecule has 438 valence electrons. The van der Waals surface area contributed by atoms with Crippen LogP contribution in [-0.4, -0.2) is 138 Å². The average molecular weight is 1210 g/mol. The lowest BCUT2D eigenvalue weighted by atomic mass is 9.73. The Labute approximate surface area is 486 Å². The molecule has 0 aromatic heterocycles. The van der Waals surface area contributed by atoms with Crippen LogP contribution >= 0.6 is 23.4 Å². The van der Waals surface area contributed by atoms with Crippen LogP contribution in [0.1, 0.15) is 73.9 Å². The van der Waals surface area contributed by atoms with E-state index >= 15 is 4.39 Å². The van der Waals surface area contributed by atoms with Crippen molar-refractivity contribution in [2.45, 2.75) is 91.2 Å². The molecule has 1 unspecified atom stereocenters. The summed E-state index contributed by atoms with van der Waals surface area (Å²) in [5.74, 6) is -2.20. The van der Waals surface area contributed by atoms with Gasteiger partial charge in [-0.15, -0.1) is 11.8 Å². The minimum Gasteiger partial charge on any atom is -0.380 e. The van der Waals surface area contributed by atoms with Gasteiger partial charge in [0.25, 0.3) is 25.8 Å². The van der Waals surface area contributed by atoms with Gasteiger partial charge in [-0.25, -0.2) is 25.9 Å². The summed E-state index contributed by atoms with van der Waals surface area (Å²) >= 11 is 7.61. The van der Waals surface area contributed by atoms with E-state index in [9.17, 15) is 44.4 Å². The van der Waals surface area contributed by atoms with Crippen LogP contribution < -0.4 is 25.6 Å². The molecule has 9 rings (SSSR count). The Morgan fingerprint density at radius 1 is 0.805 bits per heavy atom. The number of rotatable bonds is 20. The van der Waals surface area contributed by atoms with Gasteiger partial charge in [-0.1, -0.05) is 73.5 Å². The molecule has 5 aromatic rings. The number of hydrogen-bond acceptors (Lipinski definition) is 14. The fourth-order valence-corrected chi connectivity index (χ4v) is 14.1. The van der Waals surface area contributed by atoms with Crippen molar-refractivity contribution >= 4 is 83.6 Å². The fourth-order valence-electron chi connectivity index (χ4n) is 10.9. The molecule has 1 aliphatic carbocycles. The quantitative estimate of drug-likeness (QED) is 0.0329. The van der Waals surface area contributed by atoms with Crippen LogP contribution in [0.25, 0.3) is 5.57 Å². The topological polar surface area (TPSA) is 181 Å². The van der Waals surface area contributed by atoms with Gasteiger partial charge in [-0.2, -0.15) is 13.2 Å². The molecule has 3 amide bonds. The third-order valence-corrected chi connectivity index (χ3v) is 19.9. The van der Waals surface area contributed by atoms with E-state index < -0.39 is 70.6 Å². The number of anilines is 3. The van der Waals surface area contributed by atoms with Crippen LogP contribution in [0, 0.1) is 11.2 Å². The highest BCUT2D eigenvalue weighted by atomic mass is 35.5. The van der Waals surface area contributed by atoms with Crippen molar-refractivity contribution in [3.05, 3.63) is 148 Å². The number of amides is 3. The Balaban J connectivity index is 0.836. The summed E-state index contributed by atoms with van der Waals surface area (Å²) in [6.07, 6.45) is 3.80. The van der Waals surface area contributed by atoms with Crippen molar-refractivity contribution in [2.75, 3.05) is 86.7 Å². The number of sulfone groups is 1. The number of hydrogen-bond donors (Lipinski definition) is 4. The van der Waals surface area contributed by atoms with E-state index in [1.807, 2.05) is 47.2 Å². The van der Waals surface area contributed by atoms with Crippen molar-refractivity contribution in [1.29, 1.82) is 0 Å². The van der Waals surface area contributed by atoms with E-state index in [0.29, 0.717) is 75.4 Å². The molecule has 15 nitrogen and oxygen atoms in total. The zero-order valence-electron chi connectivity index (χ0n) is 45.6. The van der Waals surface area contributed by atoms with E-state index in [0.717, 1.165) is 61.6 Å². The Kier molecular flexibility index (Phi) is 19.1. The van der Waals surface area contributed by atoms with Crippen LogP contribution in [-0.2, 0) is 36.0 Å². The van der Waals surface area contributed by atoms with Crippen LogP contribution in [0.4, 0.5) is 34.6 Å². The van der Waals surface area contributed by atoms with Crippen molar-refractivity contribution in [3.63, 3.8) is 0 Å². The number of halogens is 5. The van der Waals surface area contributed by atoms with E-state index in [4.69, 9.17) is 11.6 Å². The maximum Gasteiger partial charge on any atom is 0.501 e. The molecule has 3 saturated heterocycles. The summed E-state index contributed by atoms with van der Waals surface area (Å²) in [5.41, 5.74) is -0.449.